The number of fused-ring (bicyclic) bond motifs is 1. The minimum atomic E-state index is 0.718. The van der Waals surface area contributed by atoms with E-state index in [0.29, 0.717) is 0 Å². The van der Waals surface area contributed by atoms with Crippen LogP contribution >= 0.6 is 11.3 Å². The lowest BCUT2D eigenvalue weighted by Gasteiger charge is -2.23. The summed E-state index contributed by atoms with van der Waals surface area (Å²) >= 11 is 1.65. The van der Waals surface area contributed by atoms with Crippen molar-refractivity contribution in [3.8, 4) is 0 Å². The maximum Gasteiger partial charge on any atom is 0.108 e. The van der Waals surface area contributed by atoms with Gasteiger partial charge in [-0.3, -0.25) is 0 Å². The highest BCUT2D eigenvalue weighted by Gasteiger charge is 2.18. The molecule has 0 saturated heterocycles. The summed E-state index contributed by atoms with van der Waals surface area (Å²) in [6, 6.07) is 0. The molecule has 0 amide bonds. The SMILES string of the molecule is c1cn2c(n1)CC[C@H](CNCc1cscn1)C2. The molecule has 0 aliphatic carbocycles. The van der Waals surface area contributed by atoms with Gasteiger partial charge in [0.05, 0.1) is 11.2 Å². The first kappa shape index (κ1) is 10.9. The van der Waals surface area contributed by atoms with Gasteiger partial charge in [0.1, 0.15) is 5.82 Å². The fourth-order valence-corrected chi connectivity index (χ4v) is 2.89. The van der Waals surface area contributed by atoms with E-state index in [1.807, 2.05) is 11.7 Å². The van der Waals surface area contributed by atoms with Gasteiger partial charge in [-0.2, -0.15) is 0 Å². The smallest absolute Gasteiger partial charge is 0.108 e. The lowest BCUT2D eigenvalue weighted by atomic mass is 9.99. The average molecular weight is 248 g/mol. The van der Waals surface area contributed by atoms with Gasteiger partial charge in [0.15, 0.2) is 0 Å². The van der Waals surface area contributed by atoms with Crippen molar-refractivity contribution in [2.24, 2.45) is 5.92 Å². The monoisotopic (exact) mass is 248 g/mol. The second-order valence-electron chi connectivity index (χ2n) is 4.51. The number of rotatable bonds is 4. The van der Waals surface area contributed by atoms with Gasteiger partial charge in [-0.1, -0.05) is 0 Å². The van der Waals surface area contributed by atoms with Crippen LogP contribution < -0.4 is 5.32 Å². The number of nitrogens with zero attached hydrogens (tertiary/aromatic N) is 3. The molecule has 17 heavy (non-hydrogen) atoms. The number of hydrogen-bond donors (Lipinski definition) is 1. The van der Waals surface area contributed by atoms with E-state index in [1.54, 1.807) is 11.3 Å². The molecular formula is C12H16N4S. The first-order valence-corrected chi connectivity index (χ1v) is 6.94. The quantitative estimate of drug-likeness (QED) is 0.895. The van der Waals surface area contributed by atoms with Gasteiger partial charge in [0, 0.05) is 43.8 Å². The molecule has 5 heteroatoms. The molecule has 0 bridgehead atoms. The molecule has 0 fully saturated rings. The lowest BCUT2D eigenvalue weighted by molar-refractivity contribution is 0.347. The first-order chi connectivity index (χ1) is 8.42. The zero-order chi connectivity index (χ0) is 11.5. The van der Waals surface area contributed by atoms with Gasteiger partial charge in [-0.15, -0.1) is 11.3 Å². The van der Waals surface area contributed by atoms with Gasteiger partial charge in [0.2, 0.25) is 0 Å². The Hall–Kier alpha value is -1.20. The molecule has 0 spiro atoms. The van der Waals surface area contributed by atoms with Crippen LogP contribution in [0.5, 0.6) is 0 Å². The van der Waals surface area contributed by atoms with E-state index in [1.165, 1.54) is 12.2 Å². The molecule has 1 aliphatic rings. The van der Waals surface area contributed by atoms with Crippen molar-refractivity contribution in [3.05, 3.63) is 34.8 Å². The van der Waals surface area contributed by atoms with Crippen molar-refractivity contribution in [3.63, 3.8) is 0 Å². The molecule has 4 nitrogen and oxygen atoms in total. The molecule has 0 unspecified atom stereocenters. The summed E-state index contributed by atoms with van der Waals surface area (Å²) in [4.78, 5) is 8.61. The summed E-state index contributed by atoms with van der Waals surface area (Å²) in [5.41, 5.74) is 3.03. The number of imidazole rings is 1. The van der Waals surface area contributed by atoms with Gasteiger partial charge in [-0.05, 0) is 12.3 Å². The van der Waals surface area contributed by atoms with E-state index in [0.717, 1.165) is 37.7 Å². The van der Waals surface area contributed by atoms with E-state index in [4.69, 9.17) is 0 Å². The predicted octanol–water partition coefficient (Wildman–Crippen LogP) is 1.69. The van der Waals surface area contributed by atoms with Crippen molar-refractivity contribution in [2.45, 2.75) is 25.9 Å². The highest BCUT2D eigenvalue weighted by molar-refractivity contribution is 7.07. The zero-order valence-electron chi connectivity index (χ0n) is 9.67. The molecular weight excluding hydrogens is 232 g/mol. The third-order valence-corrected chi connectivity index (χ3v) is 3.89. The second kappa shape index (κ2) is 4.98. The lowest BCUT2D eigenvalue weighted by Crippen LogP contribution is -2.29. The molecule has 2 aromatic heterocycles. The molecule has 3 heterocycles. The Bertz CT molecular complexity index is 463. The highest BCUT2D eigenvalue weighted by atomic mass is 32.1. The number of nitrogens with one attached hydrogen (secondary N) is 1. The van der Waals surface area contributed by atoms with Crippen LogP contribution in [0, 0.1) is 5.92 Å². The average Bonchev–Trinajstić information content (AvgIpc) is 2.98. The van der Waals surface area contributed by atoms with E-state index >= 15 is 0 Å². The predicted molar refractivity (Wildman–Crippen MR) is 67.9 cm³/mol. The van der Waals surface area contributed by atoms with Crippen LogP contribution in [0.15, 0.2) is 23.3 Å². The third-order valence-electron chi connectivity index (χ3n) is 3.26. The topological polar surface area (TPSA) is 42.7 Å². The van der Waals surface area contributed by atoms with Crippen LogP contribution in [-0.2, 0) is 19.5 Å². The van der Waals surface area contributed by atoms with Gasteiger partial charge in [-0.25, -0.2) is 9.97 Å². The van der Waals surface area contributed by atoms with Crippen molar-refractivity contribution < 1.29 is 0 Å². The number of aromatic nitrogens is 3. The Morgan fingerprint density at radius 1 is 1.47 bits per heavy atom. The fraction of sp³-hybridized carbons (Fsp3) is 0.500. The molecule has 0 radical (unpaired) electrons. The molecule has 0 saturated carbocycles. The van der Waals surface area contributed by atoms with E-state index in [2.05, 4.69) is 31.4 Å². The second-order valence-corrected chi connectivity index (χ2v) is 5.23. The van der Waals surface area contributed by atoms with E-state index < -0.39 is 0 Å². The van der Waals surface area contributed by atoms with Crippen molar-refractivity contribution >= 4 is 11.3 Å². The summed E-state index contributed by atoms with van der Waals surface area (Å²) in [6.45, 7) is 3.05. The van der Waals surface area contributed by atoms with Gasteiger partial charge in [0.25, 0.3) is 0 Å². The molecule has 1 atom stereocenters. The summed E-state index contributed by atoms with van der Waals surface area (Å²) in [7, 11) is 0. The first-order valence-electron chi connectivity index (χ1n) is 5.99. The van der Waals surface area contributed by atoms with Gasteiger partial charge < -0.3 is 9.88 Å². The molecule has 90 valence electrons. The Balaban J connectivity index is 1.48. The van der Waals surface area contributed by atoms with Gasteiger partial charge >= 0.3 is 0 Å². The Kier molecular flexibility index (Phi) is 3.20. The van der Waals surface area contributed by atoms with Crippen LogP contribution in [0.3, 0.4) is 0 Å². The highest BCUT2D eigenvalue weighted by Crippen LogP contribution is 2.17. The normalized spacial score (nSPS) is 19.2. The third kappa shape index (κ3) is 2.56. The van der Waals surface area contributed by atoms with Crippen LogP contribution in [0.2, 0.25) is 0 Å². The van der Waals surface area contributed by atoms with E-state index in [-0.39, 0.29) is 0 Å². The van der Waals surface area contributed by atoms with Crippen molar-refractivity contribution in [1.82, 2.24) is 19.9 Å². The van der Waals surface area contributed by atoms with Crippen molar-refractivity contribution in [1.29, 1.82) is 0 Å². The Morgan fingerprint density at radius 2 is 2.47 bits per heavy atom. The standard InChI is InChI=1S/C12H16N4S/c1-2-12-14-3-4-16(12)7-10(1)5-13-6-11-8-17-9-15-11/h3-4,8-10,13H,1-2,5-7H2/t10-/m1/s1. The molecule has 1 N–H and O–H groups in total. The maximum atomic E-state index is 4.35. The molecule has 3 rings (SSSR count). The molecule has 0 aromatic carbocycles. The maximum absolute atomic E-state index is 4.35. The van der Waals surface area contributed by atoms with E-state index in [9.17, 15) is 0 Å². The largest absolute Gasteiger partial charge is 0.335 e. The minimum Gasteiger partial charge on any atom is -0.335 e. The van der Waals surface area contributed by atoms with Crippen molar-refractivity contribution in [2.75, 3.05) is 6.54 Å². The fourth-order valence-electron chi connectivity index (χ4n) is 2.33. The Morgan fingerprint density at radius 3 is 3.35 bits per heavy atom. The van der Waals surface area contributed by atoms with Crippen LogP contribution in [0.1, 0.15) is 17.9 Å². The number of thiazole rings is 1. The summed E-state index contributed by atoms with van der Waals surface area (Å²) < 4.78 is 2.28. The number of aryl methyl sites for hydroxylation is 1. The van der Waals surface area contributed by atoms with Crippen LogP contribution in [0.4, 0.5) is 0 Å². The summed E-state index contributed by atoms with van der Waals surface area (Å²) in [5, 5.41) is 5.59. The zero-order valence-corrected chi connectivity index (χ0v) is 10.5. The molecule has 1 aliphatic heterocycles. The summed E-state index contributed by atoms with van der Waals surface area (Å²) in [6.07, 6.45) is 6.33. The van der Waals surface area contributed by atoms with Crippen LogP contribution in [0.25, 0.3) is 0 Å². The number of hydrogen-bond acceptors (Lipinski definition) is 4. The molecule has 2 aromatic rings. The Labute approximate surface area is 105 Å². The van der Waals surface area contributed by atoms with Crippen LogP contribution in [-0.4, -0.2) is 21.1 Å². The minimum absolute atomic E-state index is 0.718. The summed E-state index contributed by atoms with van der Waals surface area (Å²) in [5.74, 6) is 1.95.